The van der Waals surface area contributed by atoms with Crippen LogP contribution in [-0.2, 0) is 14.3 Å². The van der Waals surface area contributed by atoms with Crippen molar-refractivity contribution in [1.82, 2.24) is 5.32 Å². The zero-order chi connectivity index (χ0) is 13.5. The second-order valence-corrected chi connectivity index (χ2v) is 4.87. The molecule has 1 amide bonds. The average Bonchev–Trinajstić information content (AvgIpc) is 2.26. The maximum atomic E-state index is 11.6. The highest BCUT2D eigenvalue weighted by atomic mass is 16.5. The zero-order valence-electron chi connectivity index (χ0n) is 11.1. The number of ether oxygens (including phenoxy) is 1. The summed E-state index contributed by atoms with van der Waals surface area (Å²) < 4.78 is 5.43. The number of carbonyl (C=O) groups excluding carboxylic acids is 1. The summed E-state index contributed by atoms with van der Waals surface area (Å²) in [6, 6.07) is 0. The fourth-order valence-electron chi connectivity index (χ4n) is 2.19. The van der Waals surface area contributed by atoms with E-state index in [1.165, 1.54) is 0 Å². The minimum atomic E-state index is -0.849. The van der Waals surface area contributed by atoms with Gasteiger partial charge in [0.1, 0.15) is 0 Å². The van der Waals surface area contributed by atoms with Crippen molar-refractivity contribution in [3.63, 3.8) is 0 Å². The molecule has 1 aliphatic carbocycles. The van der Waals surface area contributed by atoms with Gasteiger partial charge in [-0.25, -0.2) is 0 Å². The lowest BCUT2D eigenvalue weighted by molar-refractivity contribution is -0.141. The quantitative estimate of drug-likeness (QED) is 0.689. The number of carboxylic acid groups (broad SMARTS) is 1. The van der Waals surface area contributed by atoms with Gasteiger partial charge in [-0.1, -0.05) is 6.92 Å². The molecule has 0 saturated heterocycles. The number of hydrogen-bond acceptors (Lipinski definition) is 3. The van der Waals surface area contributed by atoms with E-state index in [2.05, 4.69) is 5.32 Å². The van der Waals surface area contributed by atoms with E-state index in [1.54, 1.807) is 0 Å². The number of aliphatic carboxylic acids is 1. The van der Waals surface area contributed by atoms with Gasteiger partial charge in [-0.15, -0.1) is 0 Å². The molecule has 1 fully saturated rings. The van der Waals surface area contributed by atoms with Gasteiger partial charge in [0.2, 0.25) is 5.91 Å². The van der Waals surface area contributed by atoms with Crippen molar-refractivity contribution in [2.24, 2.45) is 11.8 Å². The van der Waals surface area contributed by atoms with Crippen molar-refractivity contribution in [3.05, 3.63) is 0 Å². The van der Waals surface area contributed by atoms with E-state index in [1.807, 2.05) is 13.8 Å². The number of amides is 1. The summed E-state index contributed by atoms with van der Waals surface area (Å²) in [7, 11) is 0. The molecule has 0 heterocycles. The van der Waals surface area contributed by atoms with Gasteiger partial charge in [0.05, 0.1) is 12.0 Å². The maximum absolute atomic E-state index is 11.6. The molecule has 0 aromatic rings. The first-order valence-electron chi connectivity index (χ1n) is 6.67. The van der Waals surface area contributed by atoms with Crippen LogP contribution < -0.4 is 5.32 Å². The maximum Gasteiger partial charge on any atom is 0.308 e. The van der Waals surface area contributed by atoms with E-state index in [0.29, 0.717) is 24.9 Å². The first-order chi connectivity index (χ1) is 8.56. The van der Waals surface area contributed by atoms with Crippen LogP contribution in [0, 0.1) is 11.8 Å². The van der Waals surface area contributed by atoms with Crippen molar-refractivity contribution in [1.29, 1.82) is 0 Å². The molecule has 0 spiro atoms. The van der Waals surface area contributed by atoms with Crippen LogP contribution in [0.1, 0.15) is 39.5 Å². The third-order valence-corrected chi connectivity index (χ3v) is 3.46. The Morgan fingerprint density at radius 2 is 2.06 bits per heavy atom. The number of hydrogen-bond donors (Lipinski definition) is 2. The van der Waals surface area contributed by atoms with Crippen LogP contribution in [0.3, 0.4) is 0 Å². The van der Waals surface area contributed by atoms with E-state index >= 15 is 0 Å². The topological polar surface area (TPSA) is 75.6 Å². The van der Waals surface area contributed by atoms with Gasteiger partial charge < -0.3 is 15.2 Å². The van der Waals surface area contributed by atoms with Gasteiger partial charge in [-0.2, -0.15) is 0 Å². The monoisotopic (exact) mass is 257 g/mol. The molecule has 0 radical (unpaired) electrons. The molecule has 0 aliphatic heterocycles. The van der Waals surface area contributed by atoms with Crippen molar-refractivity contribution in [3.8, 4) is 0 Å². The standard InChI is InChI=1S/C13H23NO4/c1-3-10(13(16)17)8-14-12(15)7-9-5-11(6-9)18-4-2/h9-11H,3-8H2,1-2H3,(H,14,15)(H,16,17). The fraction of sp³-hybridized carbons (Fsp3) is 0.846. The summed E-state index contributed by atoms with van der Waals surface area (Å²) in [6.45, 7) is 4.73. The number of nitrogens with one attached hydrogen (secondary N) is 1. The normalized spacial score (nSPS) is 24.1. The lowest BCUT2D eigenvalue weighted by Crippen LogP contribution is -2.38. The number of rotatable bonds is 8. The third-order valence-electron chi connectivity index (χ3n) is 3.46. The second-order valence-electron chi connectivity index (χ2n) is 4.87. The van der Waals surface area contributed by atoms with Gasteiger partial charge >= 0.3 is 5.97 Å². The molecule has 1 unspecified atom stereocenters. The van der Waals surface area contributed by atoms with Crippen molar-refractivity contribution < 1.29 is 19.4 Å². The Labute approximate surface area is 108 Å². The SMILES string of the molecule is CCOC1CC(CC(=O)NCC(CC)C(=O)O)C1. The van der Waals surface area contributed by atoms with E-state index in [0.717, 1.165) is 19.4 Å². The van der Waals surface area contributed by atoms with Gasteiger partial charge in [0.25, 0.3) is 0 Å². The van der Waals surface area contributed by atoms with Crippen molar-refractivity contribution >= 4 is 11.9 Å². The molecule has 0 aromatic carbocycles. The molecule has 1 saturated carbocycles. The molecule has 0 aromatic heterocycles. The molecule has 1 aliphatic rings. The summed E-state index contributed by atoms with van der Waals surface area (Å²) in [4.78, 5) is 22.4. The largest absolute Gasteiger partial charge is 0.481 e. The lowest BCUT2D eigenvalue weighted by atomic mass is 9.80. The van der Waals surface area contributed by atoms with E-state index in [9.17, 15) is 9.59 Å². The van der Waals surface area contributed by atoms with Gasteiger partial charge in [0, 0.05) is 19.6 Å². The summed E-state index contributed by atoms with van der Waals surface area (Å²) in [6.07, 6.45) is 3.22. The molecular formula is C13H23NO4. The van der Waals surface area contributed by atoms with Crippen LogP contribution in [0.5, 0.6) is 0 Å². The van der Waals surface area contributed by atoms with Crippen LogP contribution in [-0.4, -0.2) is 36.2 Å². The van der Waals surface area contributed by atoms with Crippen LogP contribution >= 0.6 is 0 Å². The highest BCUT2D eigenvalue weighted by Crippen LogP contribution is 2.32. The van der Waals surface area contributed by atoms with Crippen LogP contribution in [0.4, 0.5) is 0 Å². The Morgan fingerprint density at radius 3 is 2.56 bits per heavy atom. The van der Waals surface area contributed by atoms with E-state index in [-0.39, 0.29) is 12.5 Å². The van der Waals surface area contributed by atoms with E-state index < -0.39 is 11.9 Å². The Bertz CT molecular complexity index is 287. The Morgan fingerprint density at radius 1 is 1.39 bits per heavy atom. The summed E-state index contributed by atoms with van der Waals surface area (Å²) >= 11 is 0. The molecule has 18 heavy (non-hydrogen) atoms. The van der Waals surface area contributed by atoms with E-state index in [4.69, 9.17) is 9.84 Å². The van der Waals surface area contributed by atoms with Gasteiger partial charge in [-0.05, 0) is 32.1 Å². The predicted octanol–water partition coefficient (Wildman–Crippen LogP) is 1.42. The molecule has 5 nitrogen and oxygen atoms in total. The summed E-state index contributed by atoms with van der Waals surface area (Å²) in [5.74, 6) is -0.981. The molecule has 104 valence electrons. The Balaban J connectivity index is 2.13. The summed E-state index contributed by atoms with van der Waals surface area (Å²) in [5.41, 5.74) is 0. The Hall–Kier alpha value is -1.10. The first-order valence-corrected chi connectivity index (χ1v) is 6.67. The molecule has 5 heteroatoms. The smallest absolute Gasteiger partial charge is 0.308 e. The minimum Gasteiger partial charge on any atom is -0.481 e. The Kier molecular flexibility index (Phi) is 6.12. The van der Waals surface area contributed by atoms with Crippen LogP contribution in [0.15, 0.2) is 0 Å². The average molecular weight is 257 g/mol. The predicted molar refractivity (Wildman–Crippen MR) is 67.2 cm³/mol. The van der Waals surface area contributed by atoms with Crippen LogP contribution in [0.2, 0.25) is 0 Å². The number of carboxylic acids is 1. The molecule has 1 rings (SSSR count). The highest BCUT2D eigenvalue weighted by molar-refractivity contribution is 5.77. The molecule has 2 N–H and O–H groups in total. The lowest BCUT2D eigenvalue weighted by Gasteiger charge is -2.34. The first kappa shape index (κ1) is 15.0. The number of carbonyl (C=O) groups is 2. The van der Waals surface area contributed by atoms with Crippen LogP contribution in [0.25, 0.3) is 0 Å². The second kappa shape index (κ2) is 7.36. The van der Waals surface area contributed by atoms with Crippen molar-refractivity contribution in [2.45, 2.75) is 45.6 Å². The van der Waals surface area contributed by atoms with Gasteiger partial charge in [0.15, 0.2) is 0 Å². The zero-order valence-corrected chi connectivity index (χ0v) is 11.1. The minimum absolute atomic E-state index is 0.0466. The van der Waals surface area contributed by atoms with Crippen molar-refractivity contribution in [2.75, 3.05) is 13.2 Å². The van der Waals surface area contributed by atoms with Gasteiger partial charge in [-0.3, -0.25) is 9.59 Å². The third kappa shape index (κ3) is 4.64. The molecular weight excluding hydrogens is 234 g/mol. The fourth-order valence-corrected chi connectivity index (χ4v) is 2.19. The molecule has 0 bridgehead atoms. The highest BCUT2D eigenvalue weighted by Gasteiger charge is 2.31. The molecule has 1 atom stereocenters. The summed E-state index contributed by atoms with van der Waals surface area (Å²) in [5, 5.41) is 11.6.